The Labute approximate surface area is 96.7 Å². The highest BCUT2D eigenvalue weighted by Gasteiger charge is 2.38. The molecule has 2 aliphatic rings. The summed E-state index contributed by atoms with van der Waals surface area (Å²) in [5.74, 6) is 1.22. The Kier molecular flexibility index (Phi) is 3.57. The van der Waals surface area contributed by atoms with Crippen molar-refractivity contribution in [2.24, 2.45) is 4.99 Å². The van der Waals surface area contributed by atoms with E-state index in [1.807, 2.05) is 11.8 Å². The van der Waals surface area contributed by atoms with E-state index in [2.05, 4.69) is 29.3 Å². The van der Waals surface area contributed by atoms with Gasteiger partial charge in [0.05, 0.1) is 0 Å². The zero-order valence-electron chi connectivity index (χ0n) is 9.75. The van der Waals surface area contributed by atoms with Gasteiger partial charge in [0.15, 0.2) is 5.17 Å². The molecule has 15 heavy (non-hydrogen) atoms. The molecule has 0 aromatic carbocycles. The van der Waals surface area contributed by atoms with Crippen LogP contribution >= 0.6 is 11.8 Å². The van der Waals surface area contributed by atoms with Gasteiger partial charge in [-0.25, -0.2) is 0 Å². The molecule has 2 rings (SSSR count). The van der Waals surface area contributed by atoms with E-state index in [0.29, 0.717) is 5.54 Å². The lowest BCUT2D eigenvalue weighted by atomic mass is 9.76. The van der Waals surface area contributed by atoms with Crippen LogP contribution in [0.1, 0.15) is 25.7 Å². The van der Waals surface area contributed by atoms with E-state index in [1.54, 1.807) is 0 Å². The predicted octanol–water partition coefficient (Wildman–Crippen LogP) is 1.55. The first-order valence-corrected chi connectivity index (χ1v) is 6.80. The van der Waals surface area contributed by atoms with Gasteiger partial charge in [0.2, 0.25) is 0 Å². The number of nitrogens with zero attached hydrogens (tertiary/aromatic N) is 2. The number of thioether (sulfide) groups is 1. The van der Waals surface area contributed by atoms with E-state index < -0.39 is 0 Å². The molecule has 86 valence electrons. The summed E-state index contributed by atoms with van der Waals surface area (Å²) in [6, 6.07) is 0. The zero-order chi connectivity index (χ0) is 10.7. The van der Waals surface area contributed by atoms with Crippen LogP contribution in [0.4, 0.5) is 0 Å². The lowest BCUT2D eigenvalue weighted by molar-refractivity contribution is 0.0650. The first kappa shape index (κ1) is 11.3. The van der Waals surface area contributed by atoms with Crippen molar-refractivity contribution in [2.45, 2.75) is 31.2 Å². The van der Waals surface area contributed by atoms with Crippen molar-refractivity contribution in [3.63, 3.8) is 0 Å². The summed E-state index contributed by atoms with van der Waals surface area (Å²) < 4.78 is 0. The molecule has 0 aromatic rings. The van der Waals surface area contributed by atoms with Crippen molar-refractivity contribution in [3.05, 3.63) is 0 Å². The molecule has 1 saturated carbocycles. The molecule has 1 aliphatic carbocycles. The van der Waals surface area contributed by atoms with Crippen LogP contribution < -0.4 is 5.32 Å². The molecule has 1 aliphatic heterocycles. The van der Waals surface area contributed by atoms with Gasteiger partial charge in [-0.3, -0.25) is 4.99 Å². The van der Waals surface area contributed by atoms with Gasteiger partial charge in [-0.05, 0) is 39.8 Å². The van der Waals surface area contributed by atoms with Crippen molar-refractivity contribution in [1.82, 2.24) is 10.2 Å². The highest BCUT2D eigenvalue weighted by atomic mass is 32.2. The minimum absolute atomic E-state index is 0.403. The van der Waals surface area contributed by atoms with Crippen LogP contribution in [0.5, 0.6) is 0 Å². The molecule has 0 saturated heterocycles. The van der Waals surface area contributed by atoms with E-state index in [-0.39, 0.29) is 0 Å². The maximum atomic E-state index is 4.50. The molecule has 0 spiro atoms. The standard InChI is InChI=1S/C11H21N3S/c1-14(2)11(5-3-6-11)9-13-10-12-7-4-8-15-10/h3-9H2,1-2H3,(H,12,13). The maximum Gasteiger partial charge on any atom is 0.156 e. The fourth-order valence-corrected chi connectivity index (χ4v) is 3.00. The largest absolute Gasteiger partial charge is 0.363 e. The van der Waals surface area contributed by atoms with Crippen molar-refractivity contribution in [2.75, 3.05) is 32.9 Å². The van der Waals surface area contributed by atoms with Gasteiger partial charge in [0.1, 0.15) is 0 Å². The fourth-order valence-electron chi connectivity index (χ4n) is 2.17. The van der Waals surface area contributed by atoms with Gasteiger partial charge in [0.25, 0.3) is 0 Å². The van der Waals surface area contributed by atoms with Crippen LogP contribution in [-0.2, 0) is 0 Å². The normalized spacial score (nSPS) is 24.6. The number of hydrogen-bond donors (Lipinski definition) is 1. The average Bonchev–Trinajstić information content (AvgIpc) is 2.17. The molecule has 3 nitrogen and oxygen atoms in total. The van der Waals surface area contributed by atoms with E-state index in [1.165, 1.54) is 31.4 Å². The number of likely N-dealkylation sites (N-methyl/N-ethyl adjacent to an activating group) is 1. The third-order valence-corrected chi connectivity index (χ3v) is 4.64. The van der Waals surface area contributed by atoms with Crippen LogP contribution in [0.15, 0.2) is 4.99 Å². The summed E-state index contributed by atoms with van der Waals surface area (Å²) in [6.07, 6.45) is 5.25. The molecule has 0 radical (unpaired) electrons. The molecule has 0 atom stereocenters. The van der Waals surface area contributed by atoms with E-state index in [0.717, 1.165) is 18.3 Å². The van der Waals surface area contributed by atoms with Crippen molar-refractivity contribution < 1.29 is 0 Å². The number of hydrogen-bond acceptors (Lipinski definition) is 4. The summed E-state index contributed by atoms with van der Waals surface area (Å²) in [6.45, 7) is 2.07. The maximum absolute atomic E-state index is 4.50. The first-order valence-electron chi connectivity index (χ1n) is 5.81. The zero-order valence-corrected chi connectivity index (χ0v) is 10.6. The van der Waals surface area contributed by atoms with Crippen LogP contribution in [0.3, 0.4) is 0 Å². The molecule has 0 unspecified atom stereocenters. The van der Waals surface area contributed by atoms with Crippen molar-refractivity contribution in [1.29, 1.82) is 0 Å². The SMILES string of the molecule is CN(C)C1(CNC2=NCCCS2)CCC1. The topological polar surface area (TPSA) is 27.6 Å². The van der Waals surface area contributed by atoms with Gasteiger partial charge >= 0.3 is 0 Å². The van der Waals surface area contributed by atoms with Gasteiger partial charge < -0.3 is 10.2 Å². The lowest BCUT2D eigenvalue weighted by Crippen LogP contribution is -2.57. The van der Waals surface area contributed by atoms with Crippen LogP contribution in [-0.4, -0.2) is 48.5 Å². The Bertz CT molecular complexity index is 246. The molecule has 1 heterocycles. The van der Waals surface area contributed by atoms with E-state index in [9.17, 15) is 0 Å². The summed E-state index contributed by atoms with van der Waals surface area (Å²) >= 11 is 1.87. The van der Waals surface area contributed by atoms with Gasteiger partial charge in [-0.2, -0.15) is 0 Å². The number of nitrogens with one attached hydrogen (secondary N) is 1. The molecular formula is C11H21N3S. The third-order valence-electron chi connectivity index (χ3n) is 3.60. The van der Waals surface area contributed by atoms with Crippen molar-refractivity contribution in [3.8, 4) is 0 Å². The predicted molar refractivity (Wildman–Crippen MR) is 67.6 cm³/mol. The second kappa shape index (κ2) is 4.74. The number of rotatable bonds is 3. The Balaban J connectivity index is 1.83. The van der Waals surface area contributed by atoms with E-state index in [4.69, 9.17) is 0 Å². The average molecular weight is 227 g/mol. The van der Waals surface area contributed by atoms with Gasteiger partial charge in [0, 0.05) is 24.4 Å². The smallest absolute Gasteiger partial charge is 0.156 e. The lowest BCUT2D eigenvalue weighted by Gasteiger charge is -2.47. The molecule has 4 heteroatoms. The highest BCUT2D eigenvalue weighted by molar-refractivity contribution is 8.13. The summed E-state index contributed by atoms with van der Waals surface area (Å²) in [7, 11) is 4.38. The third kappa shape index (κ3) is 2.48. The second-order valence-electron chi connectivity index (χ2n) is 4.71. The number of aliphatic imine (C=N–C) groups is 1. The Hall–Kier alpha value is -0.220. The van der Waals surface area contributed by atoms with E-state index >= 15 is 0 Å². The fraction of sp³-hybridized carbons (Fsp3) is 0.909. The summed E-state index contributed by atoms with van der Waals surface area (Å²) in [5, 5.41) is 4.68. The van der Waals surface area contributed by atoms with Crippen LogP contribution in [0, 0.1) is 0 Å². The van der Waals surface area contributed by atoms with Crippen LogP contribution in [0.25, 0.3) is 0 Å². The Morgan fingerprint density at radius 1 is 1.40 bits per heavy atom. The van der Waals surface area contributed by atoms with Gasteiger partial charge in [-0.15, -0.1) is 0 Å². The highest BCUT2D eigenvalue weighted by Crippen LogP contribution is 2.35. The molecule has 0 aromatic heterocycles. The summed E-state index contributed by atoms with van der Waals surface area (Å²) in [5.41, 5.74) is 0.403. The Morgan fingerprint density at radius 2 is 2.20 bits per heavy atom. The minimum Gasteiger partial charge on any atom is -0.363 e. The first-order chi connectivity index (χ1) is 7.23. The summed E-state index contributed by atoms with van der Waals surface area (Å²) in [4.78, 5) is 6.87. The Morgan fingerprint density at radius 3 is 2.67 bits per heavy atom. The second-order valence-corrected chi connectivity index (χ2v) is 5.80. The molecule has 1 N–H and O–H groups in total. The van der Waals surface area contributed by atoms with Crippen LogP contribution in [0.2, 0.25) is 0 Å². The molecule has 1 fully saturated rings. The van der Waals surface area contributed by atoms with Gasteiger partial charge in [-0.1, -0.05) is 11.8 Å². The number of amidine groups is 1. The molecular weight excluding hydrogens is 206 g/mol. The molecule has 0 amide bonds. The quantitative estimate of drug-likeness (QED) is 0.793. The minimum atomic E-state index is 0.403. The molecule has 0 bridgehead atoms. The monoisotopic (exact) mass is 227 g/mol. The van der Waals surface area contributed by atoms with Crippen molar-refractivity contribution >= 4 is 16.9 Å².